The molecule has 1 aromatic heterocycles. The van der Waals surface area contributed by atoms with Crippen LogP contribution in [0.5, 0.6) is 5.75 Å². The number of nitrogens with one attached hydrogen (secondary N) is 1. The van der Waals surface area contributed by atoms with Crippen molar-refractivity contribution in [2.24, 2.45) is 0 Å². The van der Waals surface area contributed by atoms with Gasteiger partial charge in [0.1, 0.15) is 12.4 Å². The Morgan fingerprint density at radius 3 is 2.76 bits per heavy atom. The highest BCUT2D eigenvalue weighted by atomic mass is 79.9. The van der Waals surface area contributed by atoms with Crippen molar-refractivity contribution >= 4 is 39.1 Å². The van der Waals surface area contributed by atoms with E-state index in [1.807, 2.05) is 24.3 Å². The molecule has 0 fully saturated rings. The standard InChI is InChI=1S/C19H14BrClN2O2/c20-14-7-8-18(25-12-13-4-1-2-6-17(13)21)16(10-14)19(24)23-15-5-3-9-22-11-15/h1-11H,12H2,(H,23,24). The van der Waals surface area contributed by atoms with Crippen LogP contribution >= 0.6 is 27.5 Å². The third-order valence-corrected chi connectivity index (χ3v) is 4.31. The van der Waals surface area contributed by atoms with Crippen LogP contribution in [0, 0.1) is 0 Å². The number of halogens is 2. The van der Waals surface area contributed by atoms with Gasteiger partial charge in [-0.15, -0.1) is 0 Å². The van der Waals surface area contributed by atoms with Gasteiger partial charge in [0.25, 0.3) is 5.91 Å². The molecular formula is C19H14BrClN2O2. The van der Waals surface area contributed by atoms with Crippen molar-refractivity contribution in [3.63, 3.8) is 0 Å². The number of benzene rings is 2. The molecule has 1 amide bonds. The van der Waals surface area contributed by atoms with Crippen LogP contribution in [-0.2, 0) is 6.61 Å². The van der Waals surface area contributed by atoms with Gasteiger partial charge >= 0.3 is 0 Å². The lowest BCUT2D eigenvalue weighted by Gasteiger charge is -2.13. The maximum absolute atomic E-state index is 12.6. The summed E-state index contributed by atoms with van der Waals surface area (Å²) in [5.41, 5.74) is 1.89. The number of carbonyl (C=O) groups is 1. The van der Waals surface area contributed by atoms with Gasteiger partial charge < -0.3 is 10.1 Å². The first kappa shape index (κ1) is 17.5. The van der Waals surface area contributed by atoms with Crippen LogP contribution in [0.25, 0.3) is 0 Å². The molecule has 25 heavy (non-hydrogen) atoms. The van der Waals surface area contributed by atoms with E-state index in [-0.39, 0.29) is 12.5 Å². The van der Waals surface area contributed by atoms with Crippen LogP contribution in [0.2, 0.25) is 5.02 Å². The number of carbonyl (C=O) groups excluding carboxylic acids is 1. The molecule has 3 aromatic rings. The number of ether oxygens (including phenoxy) is 1. The largest absolute Gasteiger partial charge is 0.488 e. The van der Waals surface area contributed by atoms with Crippen molar-refractivity contribution in [3.05, 3.63) is 87.6 Å². The first-order valence-electron chi connectivity index (χ1n) is 7.50. The molecule has 126 valence electrons. The van der Waals surface area contributed by atoms with E-state index < -0.39 is 0 Å². The van der Waals surface area contributed by atoms with Crippen molar-refractivity contribution in [3.8, 4) is 5.75 Å². The van der Waals surface area contributed by atoms with Crippen LogP contribution in [0.3, 0.4) is 0 Å². The highest BCUT2D eigenvalue weighted by molar-refractivity contribution is 9.10. The zero-order valence-electron chi connectivity index (χ0n) is 13.1. The van der Waals surface area contributed by atoms with Crippen molar-refractivity contribution in [2.45, 2.75) is 6.61 Å². The Morgan fingerprint density at radius 2 is 2.00 bits per heavy atom. The number of amides is 1. The number of rotatable bonds is 5. The number of aromatic nitrogens is 1. The highest BCUT2D eigenvalue weighted by Gasteiger charge is 2.14. The van der Waals surface area contributed by atoms with Crippen LogP contribution in [0.1, 0.15) is 15.9 Å². The van der Waals surface area contributed by atoms with Gasteiger partial charge in [-0.1, -0.05) is 45.7 Å². The van der Waals surface area contributed by atoms with Gasteiger partial charge in [0.15, 0.2) is 0 Å². The fraction of sp³-hybridized carbons (Fsp3) is 0.0526. The molecule has 4 nitrogen and oxygen atoms in total. The quantitative estimate of drug-likeness (QED) is 0.610. The summed E-state index contributed by atoms with van der Waals surface area (Å²) in [4.78, 5) is 16.6. The average molecular weight is 418 g/mol. The maximum atomic E-state index is 12.6. The Bertz CT molecular complexity index is 888. The minimum absolute atomic E-state index is 0.272. The third kappa shape index (κ3) is 4.59. The summed E-state index contributed by atoms with van der Waals surface area (Å²) in [6.45, 7) is 0.272. The fourth-order valence-corrected chi connectivity index (χ4v) is 2.76. The summed E-state index contributed by atoms with van der Waals surface area (Å²) in [6, 6.07) is 16.3. The molecule has 0 bridgehead atoms. The minimum atomic E-state index is -0.275. The van der Waals surface area contributed by atoms with Gasteiger partial charge in [0.2, 0.25) is 0 Å². The predicted molar refractivity (Wildman–Crippen MR) is 102 cm³/mol. The summed E-state index contributed by atoms with van der Waals surface area (Å²) >= 11 is 9.54. The lowest BCUT2D eigenvalue weighted by molar-refractivity contribution is 0.102. The molecule has 0 saturated carbocycles. The number of anilines is 1. The summed E-state index contributed by atoms with van der Waals surface area (Å²) in [5, 5.41) is 3.43. The molecule has 0 radical (unpaired) electrons. The first-order chi connectivity index (χ1) is 12.1. The molecule has 1 N–H and O–H groups in total. The van der Waals surface area contributed by atoms with Crippen LogP contribution in [0.4, 0.5) is 5.69 Å². The molecule has 0 aliphatic heterocycles. The third-order valence-electron chi connectivity index (χ3n) is 3.45. The van der Waals surface area contributed by atoms with Crippen molar-refractivity contribution in [1.29, 1.82) is 0 Å². The highest BCUT2D eigenvalue weighted by Crippen LogP contribution is 2.26. The molecule has 3 rings (SSSR count). The summed E-state index contributed by atoms with van der Waals surface area (Å²) in [5.74, 6) is 0.202. The molecule has 0 aliphatic rings. The van der Waals surface area contributed by atoms with Gasteiger partial charge in [-0.25, -0.2) is 0 Å². The summed E-state index contributed by atoms with van der Waals surface area (Å²) in [6.07, 6.45) is 3.23. The Hall–Kier alpha value is -2.37. The van der Waals surface area contributed by atoms with Crippen molar-refractivity contribution in [2.75, 3.05) is 5.32 Å². The molecule has 1 heterocycles. The predicted octanol–water partition coefficient (Wildman–Crippen LogP) is 5.33. The number of pyridine rings is 1. The molecule has 0 saturated heterocycles. The molecule has 0 unspecified atom stereocenters. The Labute approximate surface area is 158 Å². The SMILES string of the molecule is O=C(Nc1cccnc1)c1cc(Br)ccc1OCc1ccccc1Cl. The fourth-order valence-electron chi connectivity index (χ4n) is 2.21. The maximum Gasteiger partial charge on any atom is 0.259 e. The topological polar surface area (TPSA) is 51.2 Å². The van der Waals surface area contributed by atoms with Crippen LogP contribution < -0.4 is 10.1 Å². The monoisotopic (exact) mass is 416 g/mol. The first-order valence-corrected chi connectivity index (χ1v) is 8.68. The Morgan fingerprint density at radius 1 is 1.16 bits per heavy atom. The number of hydrogen-bond donors (Lipinski definition) is 1. The lowest BCUT2D eigenvalue weighted by atomic mass is 10.1. The van der Waals surface area contributed by atoms with Gasteiger partial charge in [0, 0.05) is 21.3 Å². The van der Waals surface area contributed by atoms with Gasteiger partial charge in [-0.05, 0) is 36.4 Å². The van der Waals surface area contributed by atoms with E-state index in [1.165, 1.54) is 0 Å². The second-order valence-corrected chi connectivity index (χ2v) is 6.54. The van der Waals surface area contributed by atoms with Gasteiger partial charge in [-0.2, -0.15) is 0 Å². The summed E-state index contributed by atoms with van der Waals surface area (Å²) in [7, 11) is 0. The van der Waals surface area contributed by atoms with E-state index >= 15 is 0 Å². The van der Waals surface area contributed by atoms with E-state index in [0.717, 1.165) is 10.0 Å². The molecular weight excluding hydrogens is 404 g/mol. The van der Waals surface area contributed by atoms with E-state index in [9.17, 15) is 4.79 Å². The number of hydrogen-bond acceptors (Lipinski definition) is 3. The van der Waals surface area contributed by atoms with E-state index in [0.29, 0.717) is 22.0 Å². The Balaban J connectivity index is 1.80. The molecule has 0 atom stereocenters. The second-order valence-electron chi connectivity index (χ2n) is 5.22. The van der Waals surface area contributed by atoms with E-state index in [2.05, 4.69) is 26.2 Å². The van der Waals surface area contributed by atoms with E-state index in [4.69, 9.17) is 16.3 Å². The summed E-state index contributed by atoms with van der Waals surface area (Å²) < 4.78 is 6.62. The van der Waals surface area contributed by atoms with Crippen molar-refractivity contribution < 1.29 is 9.53 Å². The second kappa shape index (κ2) is 8.14. The minimum Gasteiger partial charge on any atom is -0.488 e. The van der Waals surface area contributed by atoms with Gasteiger partial charge in [-0.3, -0.25) is 9.78 Å². The molecule has 0 aliphatic carbocycles. The van der Waals surface area contributed by atoms with E-state index in [1.54, 1.807) is 42.7 Å². The Kier molecular flexibility index (Phi) is 5.68. The van der Waals surface area contributed by atoms with Gasteiger partial charge in [0.05, 0.1) is 17.4 Å². The molecule has 6 heteroatoms. The zero-order valence-corrected chi connectivity index (χ0v) is 15.4. The van der Waals surface area contributed by atoms with Crippen molar-refractivity contribution in [1.82, 2.24) is 4.98 Å². The average Bonchev–Trinajstić information content (AvgIpc) is 2.62. The van der Waals surface area contributed by atoms with Crippen LogP contribution in [0.15, 0.2) is 71.5 Å². The normalized spacial score (nSPS) is 10.3. The lowest BCUT2D eigenvalue weighted by Crippen LogP contribution is -2.14. The number of nitrogens with zero attached hydrogens (tertiary/aromatic N) is 1. The zero-order chi connectivity index (χ0) is 17.6. The van der Waals surface area contributed by atoms with Crippen LogP contribution in [-0.4, -0.2) is 10.9 Å². The smallest absolute Gasteiger partial charge is 0.259 e. The molecule has 2 aromatic carbocycles. The molecule has 0 spiro atoms.